The number of urea groups is 1. The molecular weight excluding hydrogens is 360 g/mol. The monoisotopic (exact) mass is 384 g/mol. The fourth-order valence-electron chi connectivity index (χ4n) is 2.51. The Hall–Kier alpha value is -2.74. The number of imidazole rings is 1. The molecule has 142 valence electrons. The molecular formula is C19H24N6OS. The molecule has 3 N–H and O–H groups in total. The van der Waals surface area contributed by atoms with Crippen LogP contribution < -0.4 is 10.6 Å². The summed E-state index contributed by atoms with van der Waals surface area (Å²) in [6.07, 6.45) is 2.49. The van der Waals surface area contributed by atoms with Crippen LogP contribution in [0.1, 0.15) is 51.0 Å². The van der Waals surface area contributed by atoms with Crippen LogP contribution in [0.2, 0.25) is 0 Å². The number of nitrogens with one attached hydrogen (secondary N) is 3. The molecule has 0 radical (unpaired) electrons. The van der Waals surface area contributed by atoms with Gasteiger partial charge in [0.1, 0.15) is 10.8 Å². The number of hydrogen-bond acceptors (Lipinski definition) is 5. The Bertz CT molecular complexity index is 896. The van der Waals surface area contributed by atoms with Gasteiger partial charge in [-0.25, -0.2) is 9.78 Å². The molecule has 1 atom stereocenters. The summed E-state index contributed by atoms with van der Waals surface area (Å²) in [5.74, 6) is 0.721. The van der Waals surface area contributed by atoms with E-state index in [1.54, 1.807) is 6.20 Å². The molecule has 0 saturated carbocycles. The van der Waals surface area contributed by atoms with Crippen molar-refractivity contribution in [3.8, 4) is 11.3 Å². The normalized spacial score (nSPS) is 12.6. The predicted octanol–water partition coefficient (Wildman–Crippen LogP) is 4.50. The zero-order chi connectivity index (χ0) is 19.4. The fourth-order valence-corrected chi connectivity index (χ4v) is 3.31. The second kappa shape index (κ2) is 7.87. The Kier molecular flexibility index (Phi) is 5.55. The van der Waals surface area contributed by atoms with Crippen LogP contribution in [0.3, 0.4) is 0 Å². The van der Waals surface area contributed by atoms with Gasteiger partial charge >= 0.3 is 6.03 Å². The summed E-state index contributed by atoms with van der Waals surface area (Å²) >= 11 is 1.38. The van der Waals surface area contributed by atoms with Crippen molar-refractivity contribution < 1.29 is 4.79 Å². The fraction of sp³-hybridized carbons (Fsp3) is 0.368. The molecule has 0 aliphatic heterocycles. The van der Waals surface area contributed by atoms with Gasteiger partial charge in [0, 0.05) is 5.41 Å². The molecule has 3 rings (SSSR count). The molecule has 7 nitrogen and oxygen atoms in total. The van der Waals surface area contributed by atoms with E-state index in [4.69, 9.17) is 0 Å². The maximum atomic E-state index is 12.4. The van der Waals surface area contributed by atoms with Crippen molar-refractivity contribution >= 4 is 22.5 Å². The number of carbonyl (C=O) groups excluding carboxylic acids is 1. The molecule has 27 heavy (non-hydrogen) atoms. The standard InChI is InChI=1S/C19H24N6OS/c1-5-13(15-20-11-14(21-15)12-9-7-6-8-10-12)22-17(26)23-18-25-24-16(27-18)19(2,3)4/h6-11,13H,5H2,1-4H3,(H,20,21)(H2,22,23,25,26)/t13-/m1/s1. The van der Waals surface area contributed by atoms with Crippen molar-refractivity contribution in [1.29, 1.82) is 0 Å². The van der Waals surface area contributed by atoms with E-state index < -0.39 is 0 Å². The molecule has 2 aromatic heterocycles. The van der Waals surface area contributed by atoms with E-state index in [0.717, 1.165) is 22.1 Å². The lowest BCUT2D eigenvalue weighted by molar-refractivity contribution is 0.247. The highest BCUT2D eigenvalue weighted by molar-refractivity contribution is 7.15. The van der Waals surface area contributed by atoms with Crippen LogP contribution in [0.4, 0.5) is 9.93 Å². The van der Waals surface area contributed by atoms with Gasteiger partial charge in [0.25, 0.3) is 0 Å². The van der Waals surface area contributed by atoms with Crippen molar-refractivity contribution in [1.82, 2.24) is 25.5 Å². The van der Waals surface area contributed by atoms with Crippen molar-refractivity contribution in [3.05, 3.63) is 47.4 Å². The molecule has 0 fully saturated rings. The van der Waals surface area contributed by atoms with Gasteiger partial charge in [0.05, 0.1) is 17.9 Å². The summed E-state index contributed by atoms with van der Waals surface area (Å²) in [5, 5.41) is 15.2. The number of anilines is 1. The average Bonchev–Trinajstić information content (AvgIpc) is 3.30. The van der Waals surface area contributed by atoms with E-state index in [0.29, 0.717) is 11.6 Å². The quantitative estimate of drug-likeness (QED) is 0.603. The molecule has 1 aromatic carbocycles. The minimum absolute atomic E-state index is 0.0952. The maximum Gasteiger partial charge on any atom is 0.321 e. The summed E-state index contributed by atoms with van der Waals surface area (Å²) in [7, 11) is 0. The maximum absolute atomic E-state index is 12.4. The second-order valence-electron chi connectivity index (χ2n) is 7.27. The van der Waals surface area contributed by atoms with E-state index >= 15 is 0 Å². The summed E-state index contributed by atoms with van der Waals surface area (Å²) in [6.45, 7) is 8.18. The lowest BCUT2D eigenvalue weighted by atomic mass is 9.98. The molecule has 0 spiro atoms. The van der Waals surface area contributed by atoms with Gasteiger partial charge < -0.3 is 10.3 Å². The molecule has 0 saturated heterocycles. The minimum Gasteiger partial charge on any atom is -0.340 e. The van der Waals surface area contributed by atoms with Crippen molar-refractivity contribution in [2.45, 2.75) is 45.6 Å². The van der Waals surface area contributed by atoms with Gasteiger partial charge in [-0.05, 0) is 12.0 Å². The Balaban J connectivity index is 1.65. The highest BCUT2D eigenvalue weighted by Gasteiger charge is 2.21. The molecule has 3 aromatic rings. The largest absolute Gasteiger partial charge is 0.340 e. The van der Waals surface area contributed by atoms with Gasteiger partial charge in [-0.2, -0.15) is 0 Å². The first-order chi connectivity index (χ1) is 12.9. The number of rotatable bonds is 5. The zero-order valence-corrected chi connectivity index (χ0v) is 16.7. The molecule has 2 heterocycles. The van der Waals surface area contributed by atoms with Gasteiger partial charge in [-0.3, -0.25) is 5.32 Å². The van der Waals surface area contributed by atoms with Crippen LogP contribution in [0.15, 0.2) is 36.5 Å². The number of H-pyrrole nitrogens is 1. The van der Waals surface area contributed by atoms with Crippen LogP contribution in [0.5, 0.6) is 0 Å². The lowest BCUT2D eigenvalue weighted by Crippen LogP contribution is -2.32. The molecule has 0 aliphatic carbocycles. The lowest BCUT2D eigenvalue weighted by Gasteiger charge is -2.14. The third-order valence-electron chi connectivity index (χ3n) is 4.01. The number of amides is 2. The highest BCUT2D eigenvalue weighted by Crippen LogP contribution is 2.27. The number of benzene rings is 1. The van der Waals surface area contributed by atoms with Gasteiger partial charge in [0.2, 0.25) is 5.13 Å². The third kappa shape index (κ3) is 4.71. The minimum atomic E-state index is -0.323. The second-order valence-corrected chi connectivity index (χ2v) is 8.25. The summed E-state index contributed by atoms with van der Waals surface area (Å²) in [4.78, 5) is 20.1. The van der Waals surface area contributed by atoms with E-state index in [9.17, 15) is 4.79 Å². The number of nitrogens with zero attached hydrogens (tertiary/aromatic N) is 3. The molecule has 0 aliphatic rings. The van der Waals surface area contributed by atoms with Gasteiger partial charge in [-0.15, -0.1) is 10.2 Å². The van der Waals surface area contributed by atoms with E-state index in [1.807, 2.05) is 37.3 Å². The SMILES string of the molecule is CC[C@@H](NC(=O)Nc1nnc(C(C)(C)C)s1)c1ncc(-c2ccccc2)[nH]1. The number of aromatic amines is 1. The highest BCUT2D eigenvalue weighted by atomic mass is 32.1. The summed E-state index contributed by atoms with van der Waals surface area (Å²) in [6, 6.07) is 9.41. The van der Waals surface area contributed by atoms with Crippen LogP contribution in [-0.2, 0) is 5.41 Å². The third-order valence-corrected chi connectivity index (χ3v) is 5.28. The topological polar surface area (TPSA) is 95.6 Å². The first kappa shape index (κ1) is 19.0. The average molecular weight is 385 g/mol. The van der Waals surface area contributed by atoms with Crippen molar-refractivity contribution in [3.63, 3.8) is 0 Å². The zero-order valence-electron chi connectivity index (χ0n) is 15.9. The smallest absolute Gasteiger partial charge is 0.321 e. The van der Waals surface area contributed by atoms with Gasteiger partial charge in [-0.1, -0.05) is 69.4 Å². The first-order valence-electron chi connectivity index (χ1n) is 8.88. The van der Waals surface area contributed by atoms with Crippen LogP contribution in [0, 0.1) is 0 Å². The Morgan fingerprint density at radius 3 is 2.59 bits per heavy atom. The number of carbonyl (C=O) groups is 1. The Morgan fingerprint density at radius 1 is 1.22 bits per heavy atom. The van der Waals surface area contributed by atoms with Crippen molar-refractivity contribution in [2.24, 2.45) is 0 Å². The summed E-state index contributed by atoms with van der Waals surface area (Å²) in [5.41, 5.74) is 1.88. The molecule has 0 bridgehead atoms. The Labute approximate surface area is 162 Å². The molecule has 0 unspecified atom stereocenters. The number of hydrogen-bond donors (Lipinski definition) is 3. The Morgan fingerprint density at radius 2 is 1.96 bits per heavy atom. The summed E-state index contributed by atoms with van der Waals surface area (Å²) < 4.78 is 0. The molecule has 8 heteroatoms. The van der Waals surface area contributed by atoms with Gasteiger partial charge in [0.15, 0.2) is 0 Å². The van der Waals surface area contributed by atoms with Crippen LogP contribution >= 0.6 is 11.3 Å². The van der Waals surface area contributed by atoms with Crippen LogP contribution in [-0.4, -0.2) is 26.2 Å². The van der Waals surface area contributed by atoms with E-state index in [2.05, 4.69) is 51.6 Å². The first-order valence-corrected chi connectivity index (χ1v) is 9.70. The number of aromatic nitrogens is 4. The van der Waals surface area contributed by atoms with Crippen LogP contribution in [0.25, 0.3) is 11.3 Å². The van der Waals surface area contributed by atoms with Crippen molar-refractivity contribution in [2.75, 3.05) is 5.32 Å². The molecule has 2 amide bonds. The predicted molar refractivity (Wildman–Crippen MR) is 108 cm³/mol. The van der Waals surface area contributed by atoms with E-state index in [1.165, 1.54) is 11.3 Å². The van der Waals surface area contributed by atoms with E-state index in [-0.39, 0.29) is 17.5 Å².